The van der Waals surface area contributed by atoms with Crippen molar-refractivity contribution in [1.82, 2.24) is 5.32 Å². The maximum absolute atomic E-state index is 14.0. The summed E-state index contributed by atoms with van der Waals surface area (Å²) in [6.07, 6.45) is -0.770. The molecule has 1 heterocycles. The van der Waals surface area contributed by atoms with E-state index in [9.17, 15) is 14.3 Å². The van der Waals surface area contributed by atoms with Gasteiger partial charge < -0.3 is 15.3 Å². The number of anilines is 1. The van der Waals surface area contributed by atoms with E-state index in [0.717, 1.165) is 0 Å². The summed E-state index contributed by atoms with van der Waals surface area (Å²) in [4.78, 5) is 13.3. The minimum Gasteiger partial charge on any atom is -0.389 e. The first-order valence-corrected chi connectivity index (χ1v) is 6.03. The number of nitrogens with zero attached hydrogens (tertiary/aromatic N) is 1. The monoisotopic (exact) mass is 252 g/mol. The molecule has 1 aliphatic heterocycles. The molecule has 0 radical (unpaired) electrons. The van der Waals surface area contributed by atoms with Crippen molar-refractivity contribution in [1.29, 1.82) is 0 Å². The average molecular weight is 252 g/mol. The van der Waals surface area contributed by atoms with Crippen molar-refractivity contribution in [3.8, 4) is 0 Å². The highest BCUT2D eigenvalue weighted by Crippen LogP contribution is 2.31. The highest BCUT2D eigenvalue weighted by Gasteiger charge is 2.29. The number of rotatable bonds is 2. The van der Waals surface area contributed by atoms with Gasteiger partial charge in [0.25, 0.3) is 0 Å². The predicted octanol–water partition coefficient (Wildman–Crippen LogP) is 1.20. The highest BCUT2D eigenvalue weighted by molar-refractivity contribution is 5.86. The summed E-state index contributed by atoms with van der Waals surface area (Å²) in [7, 11) is 0. The van der Waals surface area contributed by atoms with Gasteiger partial charge in [-0.2, -0.15) is 0 Å². The van der Waals surface area contributed by atoms with Gasteiger partial charge in [0.2, 0.25) is 5.91 Å². The first-order valence-electron chi connectivity index (χ1n) is 6.03. The minimum absolute atomic E-state index is 0.124. The number of piperazine rings is 1. The lowest BCUT2D eigenvalue weighted by atomic mass is 10.0. The molecule has 0 spiro atoms. The summed E-state index contributed by atoms with van der Waals surface area (Å²) >= 11 is 0. The molecule has 0 aromatic heterocycles. The third-order valence-electron chi connectivity index (χ3n) is 3.25. The van der Waals surface area contributed by atoms with E-state index >= 15 is 0 Å². The number of hydrogen-bond donors (Lipinski definition) is 2. The lowest BCUT2D eigenvalue weighted by molar-refractivity contribution is -0.122. The number of benzene rings is 1. The van der Waals surface area contributed by atoms with Gasteiger partial charge in [-0.15, -0.1) is 0 Å². The van der Waals surface area contributed by atoms with Gasteiger partial charge in [0, 0.05) is 18.7 Å². The van der Waals surface area contributed by atoms with Gasteiger partial charge in [-0.25, -0.2) is 4.39 Å². The summed E-state index contributed by atoms with van der Waals surface area (Å²) in [5.74, 6) is -0.531. The van der Waals surface area contributed by atoms with Crippen LogP contribution in [0.1, 0.15) is 25.5 Å². The molecule has 0 bridgehead atoms. The Morgan fingerprint density at radius 3 is 2.94 bits per heavy atom. The molecule has 18 heavy (non-hydrogen) atoms. The van der Waals surface area contributed by atoms with Crippen molar-refractivity contribution >= 4 is 11.6 Å². The predicted molar refractivity (Wildman–Crippen MR) is 66.9 cm³/mol. The number of para-hydroxylation sites is 1. The van der Waals surface area contributed by atoms with E-state index in [1.54, 1.807) is 30.9 Å². The first kappa shape index (κ1) is 12.8. The van der Waals surface area contributed by atoms with Crippen LogP contribution in [0.4, 0.5) is 10.1 Å². The standard InChI is InChI=1S/C13H17FN2O2/c1-8-13(18)15-6-7-16(8)12-10(9(2)17)4-3-5-11(12)14/h3-5,8-9,17H,6-7H2,1-2H3,(H,15,18). The third kappa shape index (κ3) is 2.18. The van der Waals surface area contributed by atoms with E-state index in [0.29, 0.717) is 24.3 Å². The number of aliphatic hydroxyl groups is 1. The second kappa shape index (κ2) is 4.94. The summed E-state index contributed by atoms with van der Waals surface area (Å²) in [6, 6.07) is 4.16. The van der Waals surface area contributed by atoms with Gasteiger partial charge in [-0.3, -0.25) is 4.79 Å². The number of halogens is 1. The Kier molecular flexibility index (Phi) is 3.52. The molecular weight excluding hydrogens is 235 g/mol. The van der Waals surface area contributed by atoms with E-state index in [1.165, 1.54) is 6.07 Å². The Balaban J connectivity index is 2.46. The van der Waals surface area contributed by atoms with E-state index in [4.69, 9.17) is 0 Å². The number of aliphatic hydroxyl groups excluding tert-OH is 1. The van der Waals surface area contributed by atoms with Crippen LogP contribution in [0.3, 0.4) is 0 Å². The molecule has 0 saturated carbocycles. The zero-order valence-corrected chi connectivity index (χ0v) is 10.5. The van der Waals surface area contributed by atoms with Crippen molar-refractivity contribution < 1.29 is 14.3 Å². The van der Waals surface area contributed by atoms with Gasteiger partial charge in [0.15, 0.2) is 0 Å². The smallest absolute Gasteiger partial charge is 0.242 e. The maximum Gasteiger partial charge on any atom is 0.242 e. The van der Waals surface area contributed by atoms with Gasteiger partial charge in [-0.05, 0) is 19.9 Å². The van der Waals surface area contributed by atoms with Crippen LogP contribution in [-0.2, 0) is 4.79 Å². The van der Waals surface area contributed by atoms with Crippen molar-refractivity contribution in [2.45, 2.75) is 26.0 Å². The fourth-order valence-corrected chi connectivity index (χ4v) is 2.26. The van der Waals surface area contributed by atoms with Crippen molar-refractivity contribution in [2.24, 2.45) is 0 Å². The van der Waals surface area contributed by atoms with Gasteiger partial charge in [0.05, 0.1) is 11.8 Å². The SMILES string of the molecule is CC(O)c1cccc(F)c1N1CCNC(=O)C1C. The maximum atomic E-state index is 14.0. The summed E-state index contributed by atoms with van der Waals surface area (Å²) in [6.45, 7) is 4.34. The van der Waals surface area contributed by atoms with E-state index in [1.807, 2.05) is 0 Å². The Hall–Kier alpha value is -1.62. The second-order valence-electron chi connectivity index (χ2n) is 4.51. The fraction of sp³-hybridized carbons (Fsp3) is 0.462. The van der Waals surface area contributed by atoms with Crippen molar-refractivity contribution in [3.05, 3.63) is 29.6 Å². The Bertz CT molecular complexity index is 462. The molecule has 1 saturated heterocycles. The number of carbonyl (C=O) groups excluding carboxylic acids is 1. The highest BCUT2D eigenvalue weighted by atomic mass is 19.1. The van der Waals surface area contributed by atoms with Crippen LogP contribution in [0, 0.1) is 5.82 Å². The lowest BCUT2D eigenvalue weighted by Crippen LogP contribution is -2.54. The largest absolute Gasteiger partial charge is 0.389 e. The molecule has 5 heteroatoms. The molecule has 2 N–H and O–H groups in total. The topological polar surface area (TPSA) is 52.6 Å². The van der Waals surface area contributed by atoms with Crippen LogP contribution in [-0.4, -0.2) is 30.1 Å². The van der Waals surface area contributed by atoms with Gasteiger partial charge >= 0.3 is 0 Å². The minimum atomic E-state index is -0.770. The van der Waals surface area contributed by atoms with Crippen LogP contribution in [0.2, 0.25) is 0 Å². The molecule has 0 aliphatic carbocycles. The number of carbonyl (C=O) groups is 1. The van der Waals surface area contributed by atoms with Crippen molar-refractivity contribution in [2.75, 3.05) is 18.0 Å². The number of hydrogen-bond acceptors (Lipinski definition) is 3. The molecule has 1 aromatic rings. The molecule has 2 rings (SSSR count). The summed E-state index contributed by atoms with van der Waals surface area (Å²) in [5.41, 5.74) is 0.839. The van der Waals surface area contributed by atoms with Crippen LogP contribution >= 0.6 is 0 Å². The Morgan fingerprint density at radius 2 is 2.28 bits per heavy atom. The number of nitrogens with one attached hydrogen (secondary N) is 1. The second-order valence-corrected chi connectivity index (χ2v) is 4.51. The van der Waals surface area contributed by atoms with Gasteiger partial charge in [-0.1, -0.05) is 12.1 Å². The van der Waals surface area contributed by atoms with Gasteiger partial charge in [0.1, 0.15) is 11.9 Å². The molecule has 1 amide bonds. The van der Waals surface area contributed by atoms with Crippen molar-refractivity contribution in [3.63, 3.8) is 0 Å². The Morgan fingerprint density at radius 1 is 1.56 bits per heavy atom. The van der Waals surface area contributed by atoms with E-state index in [-0.39, 0.29) is 5.91 Å². The molecule has 1 aliphatic rings. The zero-order valence-electron chi connectivity index (χ0n) is 10.5. The lowest BCUT2D eigenvalue weighted by Gasteiger charge is -2.36. The zero-order chi connectivity index (χ0) is 13.3. The Labute approximate surface area is 105 Å². The molecule has 1 fully saturated rings. The molecule has 2 unspecified atom stereocenters. The van der Waals surface area contributed by atoms with E-state index < -0.39 is 18.0 Å². The van der Waals surface area contributed by atoms with Crippen LogP contribution < -0.4 is 10.2 Å². The molecule has 2 atom stereocenters. The fourth-order valence-electron chi connectivity index (χ4n) is 2.26. The quantitative estimate of drug-likeness (QED) is 0.831. The molecule has 98 valence electrons. The van der Waals surface area contributed by atoms with Crippen LogP contribution in [0.15, 0.2) is 18.2 Å². The number of amides is 1. The third-order valence-corrected chi connectivity index (χ3v) is 3.25. The molecule has 1 aromatic carbocycles. The summed E-state index contributed by atoms with van der Waals surface area (Å²) in [5, 5.41) is 12.5. The molecule has 4 nitrogen and oxygen atoms in total. The average Bonchev–Trinajstić information content (AvgIpc) is 2.33. The van der Waals surface area contributed by atoms with Crippen LogP contribution in [0.25, 0.3) is 0 Å². The van der Waals surface area contributed by atoms with Crippen LogP contribution in [0.5, 0.6) is 0 Å². The first-order chi connectivity index (χ1) is 8.52. The van der Waals surface area contributed by atoms with E-state index in [2.05, 4.69) is 5.32 Å². The summed E-state index contributed by atoms with van der Waals surface area (Å²) < 4.78 is 14.0. The normalized spacial score (nSPS) is 21.7. The molecular formula is C13H17FN2O2.